The van der Waals surface area contributed by atoms with Gasteiger partial charge in [-0.2, -0.15) is 0 Å². The Morgan fingerprint density at radius 3 is 2.55 bits per heavy atom. The maximum atomic E-state index is 12.7. The molecule has 182 valence electrons. The Labute approximate surface area is 200 Å². The van der Waals surface area contributed by atoms with Crippen LogP contribution in [-0.2, 0) is 9.59 Å². The van der Waals surface area contributed by atoms with Crippen LogP contribution in [0.1, 0.15) is 93.4 Å². The van der Waals surface area contributed by atoms with Gasteiger partial charge >= 0.3 is 5.97 Å². The zero-order chi connectivity index (χ0) is 24.4. The minimum atomic E-state index is -0.806. The summed E-state index contributed by atoms with van der Waals surface area (Å²) in [4.78, 5) is 23.8. The smallest absolute Gasteiger partial charge is 0.330 e. The quantitative estimate of drug-likeness (QED) is 0.349. The van der Waals surface area contributed by atoms with Crippen LogP contribution in [0.25, 0.3) is 0 Å². The summed E-state index contributed by atoms with van der Waals surface area (Å²) < 4.78 is 0. The first-order chi connectivity index (χ1) is 15.3. The molecule has 4 rings (SSSR count). The lowest BCUT2D eigenvalue weighted by molar-refractivity contribution is -0.132. The molecule has 4 aliphatic rings. The SMILES string of the molecule is C/C(=C\CC[C@@H](C)[C@H]1CC[C@@]2(C)C3=CC[C@H]4C(C)(C)C(=O)C=C[C@]4(C)[C@@H]3CC[C@]12C)C(=O)O. The summed E-state index contributed by atoms with van der Waals surface area (Å²) >= 11 is 0. The van der Waals surface area contributed by atoms with Gasteiger partial charge in [-0.15, -0.1) is 0 Å². The summed E-state index contributed by atoms with van der Waals surface area (Å²) in [5.74, 6) is 1.66. The fourth-order valence-corrected chi connectivity index (χ4v) is 8.84. The molecule has 2 fully saturated rings. The molecular formula is C30H44O3. The Kier molecular flexibility index (Phi) is 5.90. The highest BCUT2D eigenvalue weighted by atomic mass is 16.4. The minimum Gasteiger partial charge on any atom is -0.478 e. The number of allylic oxidation sites excluding steroid dienone is 5. The van der Waals surface area contributed by atoms with Crippen LogP contribution < -0.4 is 0 Å². The molecule has 0 heterocycles. The van der Waals surface area contributed by atoms with Gasteiger partial charge in [0.15, 0.2) is 5.78 Å². The molecule has 0 aromatic rings. The van der Waals surface area contributed by atoms with Gasteiger partial charge in [-0.1, -0.05) is 65.3 Å². The molecule has 4 aliphatic carbocycles. The van der Waals surface area contributed by atoms with Gasteiger partial charge < -0.3 is 5.11 Å². The second kappa shape index (κ2) is 7.95. The zero-order valence-corrected chi connectivity index (χ0v) is 21.8. The fourth-order valence-electron chi connectivity index (χ4n) is 8.84. The molecule has 7 atom stereocenters. The highest BCUT2D eigenvalue weighted by Crippen LogP contribution is 2.72. The Balaban J connectivity index is 1.60. The van der Waals surface area contributed by atoms with Gasteiger partial charge in [-0.05, 0) is 97.9 Å². The number of carbonyl (C=O) groups is 2. The molecule has 3 heteroatoms. The lowest BCUT2D eigenvalue weighted by atomic mass is 9.42. The summed E-state index contributed by atoms with van der Waals surface area (Å²) in [6.45, 7) is 15.9. The van der Waals surface area contributed by atoms with Crippen LogP contribution in [0.5, 0.6) is 0 Å². The van der Waals surface area contributed by atoms with Gasteiger partial charge in [-0.3, -0.25) is 4.79 Å². The van der Waals surface area contributed by atoms with Crippen molar-refractivity contribution in [3.63, 3.8) is 0 Å². The molecule has 3 nitrogen and oxygen atoms in total. The molecule has 0 aromatic carbocycles. The molecule has 0 spiro atoms. The number of carbonyl (C=O) groups excluding carboxylic acids is 1. The van der Waals surface area contributed by atoms with E-state index >= 15 is 0 Å². The van der Waals surface area contributed by atoms with E-state index in [0.29, 0.717) is 29.2 Å². The Hall–Kier alpha value is -1.64. The van der Waals surface area contributed by atoms with Crippen LogP contribution in [0.15, 0.2) is 35.5 Å². The van der Waals surface area contributed by atoms with E-state index < -0.39 is 5.97 Å². The Bertz CT molecular complexity index is 936. The van der Waals surface area contributed by atoms with Crippen molar-refractivity contribution in [2.24, 2.45) is 45.3 Å². The highest BCUT2D eigenvalue weighted by Gasteiger charge is 2.64. The van der Waals surface area contributed by atoms with Crippen molar-refractivity contribution >= 4 is 11.8 Å². The summed E-state index contributed by atoms with van der Waals surface area (Å²) in [5, 5.41) is 9.15. The summed E-state index contributed by atoms with van der Waals surface area (Å²) in [5.41, 5.74) is 2.42. The molecule has 2 saturated carbocycles. The number of ketones is 1. The average Bonchev–Trinajstić information content (AvgIpc) is 3.02. The van der Waals surface area contributed by atoms with Gasteiger partial charge in [0.05, 0.1) is 0 Å². The van der Waals surface area contributed by atoms with Crippen molar-refractivity contribution < 1.29 is 14.7 Å². The van der Waals surface area contributed by atoms with Gasteiger partial charge in [0, 0.05) is 11.0 Å². The Morgan fingerprint density at radius 2 is 1.88 bits per heavy atom. The zero-order valence-electron chi connectivity index (χ0n) is 21.8. The Morgan fingerprint density at radius 1 is 1.18 bits per heavy atom. The van der Waals surface area contributed by atoms with E-state index in [4.69, 9.17) is 5.11 Å². The topological polar surface area (TPSA) is 54.4 Å². The third-order valence-corrected chi connectivity index (χ3v) is 11.3. The number of fused-ring (bicyclic) bond motifs is 5. The van der Waals surface area contributed by atoms with Crippen molar-refractivity contribution in [2.75, 3.05) is 0 Å². The molecule has 0 aliphatic heterocycles. The summed E-state index contributed by atoms with van der Waals surface area (Å²) in [6.07, 6.45) is 16.5. The largest absolute Gasteiger partial charge is 0.478 e. The van der Waals surface area contributed by atoms with E-state index in [1.165, 1.54) is 25.7 Å². The standard InChI is InChI=1S/C30H44O3/c1-19(9-8-10-20(2)26(32)33)21-13-17-30(7)23-11-12-24-27(3,4)25(31)15-16-28(24,5)22(23)14-18-29(21,30)6/h10-11,15-16,19,21-22,24H,8-9,12-14,17-18H2,1-7H3,(H,32,33)/b20-10+/t19-,21-,22-,24+,28-,29-,30+/m1/s1. The molecule has 0 bridgehead atoms. The van der Waals surface area contributed by atoms with E-state index in [9.17, 15) is 9.59 Å². The van der Waals surface area contributed by atoms with E-state index in [1.54, 1.807) is 12.5 Å². The van der Waals surface area contributed by atoms with Crippen LogP contribution >= 0.6 is 0 Å². The van der Waals surface area contributed by atoms with E-state index in [1.807, 2.05) is 12.2 Å². The van der Waals surface area contributed by atoms with E-state index in [-0.39, 0.29) is 27.4 Å². The van der Waals surface area contributed by atoms with Crippen molar-refractivity contribution in [1.82, 2.24) is 0 Å². The summed E-state index contributed by atoms with van der Waals surface area (Å²) in [6, 6.07) is 0. The van der Waals surface area contributed by atoms with Crippen LogP contribution in [-0.4, -0.2) is 16.9 Å². The maximum Gasteiger partial charge on any atom is 0.330 e. The number of carboxylic acids is 1. The molecule has 1 N–H and O–H groups in total. The molecule has 33 heavy (non-hydrogen) atoms. The third-order valence-electron chi connectivity index (χ3n) is 11.3. The van der Waals surface area contributed by atoms with Crippen LogP contribution in [0, 0.1) is 45.3 Å². The molecular weight excluding hydrogens is 408 g/mol. The monoisotopic (exact) mass is 452 g/mol. The van der Waals surface area contributed by atoms with E-state index in [0.717, 1.165) is 19.3 Å². The highest BCUT2D eigenvalue weighted by molar-refractivity contribution is 5.95. The van der Waals surface area contributed by atoms with Crippen LogP contribution in [0.4, 0.5) is 0 Å². The van der Waals surface area contributed by atoms with Gasteiger partial charge in [0.25, 0.3) is 0 Å². The number of carboxylic acid groups (broad SMARTS) is 1. The number of rotatable bonds is 5. The first kappa shape index (κ1) is 24.5. The second-order valence-corrected chi connectivity index (χ2v) is 13.0. The van der Waals surface area contributed by atoms with Crippen molar-refractivity contribution in [3.8, 4) is 0 Å². The normalized spacial score (nSPS) is 42.8. The molecule has 0 aromatic heterocycles. The molecule has 0 saturated heterocycles. The van der Waals surface area contributed by atoms with Gasteiger partial charge in [-0.25, -0.2) is 4.79 Å². The van der Waals surface area contributed by atoms with Gasteiger partial charge in [0.1, 0.15) is 0 Å². The van der Waals surface area contributed by atoms with Crippen molar-refractivity contribution in [1.29, 1.82) is 0 Å². The minimum absolute atomic E-state index is 0.0642. The first-order valence-electron chi connectivity index (χ1n) is 13.1. The fraction of sp³-hybridized carbons (Fsp3) is 0.733. The maximum absolute atomic E-state index is 12.7. The number of aliphatic carboxylic acids is 1. The third kappa shape index (κ3) is 3.43. The number of hydrogen-bond acceptors (Lipinski definition) is 2. The first-order valence-corrected chi connectivity index (χ1v) is 13.1. The predicted molar refractivity (Wildman–Crippen MR) is 134 cm³/mol. The molecule has 0 amide bonds. The van der Waals surface area contributed by atoms with Crippen molar-refractivity contribution in [3.05, 3.63) is 35.5 Å². The van der Waals surface area contributed by atoms with Crippen molar-refractivity contribution in [2.45, 2.75) is 93.4 Å². The second-order valence-electron chi connectivity index (χ2n) is 13.0. The lowest BCUT2D eigenvalue weighted by Crippen LogP contribution is -2.55. The lowest BCUT2D eigenvalue weighted by Gasteiger charge is -2.62. The van der Waals surface area contributed by atoms with Crippen LogP contribution in [0.3, 0.4) is 0 Å². The summed E-state index contributed by atoms with van der Waals surface area (Å²) in [7, 11) is 0. The average molecular weight is 453 g/mol. The molecule has 0 unspecified atom stereocenters. The predicted octanol–water partition coefficient (Wildman–Crippen LogP) is 7.38. The van der Waals surface area contributed by atoms with Crippen LogP contribution in [0.2, 0.25) is 0 Å². The van der Waals surface area contributed by atoms with Gasteiger partial charge in [0.2, 0.25) is 0 Å². The van der Waals surface area contributed by atoms with E-state index in [2.05, 4.69) is 53.7 Å². The molecule has 0 radical (unpaired) electrons. The number of hydrogen-bond donors (Lipinski definition) is 1.